The smallest absolute Gasteiger partial charge is 0.253 e. The molecule has 0 atom stereocenters. The van der Waals surface area contributed by atoms with E-state index in [4.69, 9.17) is 17.3 Å². The Morgan fingerprint density at radius 2 is 2.31 bits per heavy atom. The summed E-state index contributed by atoms with van der Waals surface area (Å²) in [6.45, 7) is 0.221. The molecule has 4 nitrogen and oxygen atoms in total. The van der Waals surface area contributed by atoms with Gasteiger partial charge in [-0.2, -0.15) is 5.10 Å². The van der Waals surface area contributed by atoms with Crippen LogP contribution in [0.4, 0.5) is 10.1 Å². The maximum atomic E-state index is 13.2. The van der Waals surface area contributed by atoms with Crippen LogP contribution in [0, 0.1) is 5.82 Å². The third-order valence-electron chi connectivity index (χ3n) is 2.22. The zero-order valence-electron chi connectivity index (χ0n) is 8.28. The molecule has 0 aromatic heterocycles. The summed E-state index contributed by atoms with van der Waals surface area (Å²) >= 11 is 5.55. The Bertz CT molecular complexity index is 475. The molecule has 0 aliphatic carbocycles. The number of hydrogen-bond acceptors (Lipinski definition) is 3. The van der Waals surface area contributed by atoms with Crippen molar-refractivity contribution in [3.8, 4) is 0 Å². The summed E-state index contributed by atoms with van der Waals surface area (Å²) in [6.07, 6.45) is 0.181. The number of rotatable bonds is 2. The number of amides is 1. The summed E-state index contributed by atoms with van der Waals surface area (Å²) < 4.78 is 13.2. The van der Waals surface area contributed by atoms with Crippen LogP contribution >= 0.6 is 11.6 Å². The molecule has 1 amide bonds. The minimum absolute atomic E-state index is 0.0124. The van der Waals surface area contributed by atoms with Crippen LogP contribution in [0.1, 0.15) is 6.42 Å². The summed E-state index contributed by atoms with van der Waals surface area (Å²) in [7, 11) is 0. The van der Waals surface area contributed by atoms with Crippen molar-refractivity contribution in [2.24, 2.45) is 10.8 Å². The van der Waals surface area contributed by atoms with Gasteiger partial charge in [-0.05, 0) is 12.1 Å². The van der Waals surface area contributed by atoms with E-state index in [1.54, 1.807) is 0 Å². The molecule has 0 bridgehead atoms. The maximum absolute atomic E-state index is 13.2. The number of carbonyl (C=O) groups is 1. The van der Waals surface area contributed by atoms with E-state index >= 15 is 0 Å². The van der Waals surface area contributed by atoms with Crippen LogP contribution in [0.25, 0.3) is 0 Å². The first-order valence-corrected chi connectivity index (χ1v) is 5.04. The fraction of sp³-hybridized carbons (Fsp3) is 0.200. The zero-order valence-corrected chi connectivity index (χ0v) is 9.04. The molecule has 0 unspecified atom stereocenters. The van der Waals surface area contributed by atoms with E-state index < -0.39 is 5.82 Å². The predicted molar refractivity (Wildman–Crippen MR) is 60.0 cm³/mol. The fourth-order valence-corrected chi connectivity index (χ4v) is 1.53. The van der Waals surface area contributed by atoms with Crippen LogP contribution < -0.4 is 10.7 Å². The summed E-state index contributed by atoms with van der Waals surface area (Å²) in [5.74, 6) is -0.800. The second-order valence-corrected chi connectivity index (χ2v) is 3.76. The van der Waals surface area contributed by atoms with Gasteiger partial charge in [0.1, 0.15) is 5.82 Å². The highest BCUT2D eigenvalue weighted by atomic mass is 35.5. The number of nitrogens with zero attached hydrogens (tertiary/aromatic N) is 2. The van der Waals surface area contributed by atoms with Gasteiger partial charge in [0.2, 0.25) is 0 Å². The molecule has 0 fully saturated rings. The van der Waals surface area contributed by atoms with Gasteiger partial charge in [0.05, 0.1) is 22.8 Å². The summed E-state index contributed by atoms with van der Waals surface area (Å²) in [5.41, 5.74) is 6.33. The van der Waals surface area contributed by atoms with E-state index in [1.807, 2.05) is 0 Å². The molecule has 6 heteroatoms. The molecular weight excluding hydrogens is 233 g/mol. The van der Waals surface area contributed by atoms with Gasteiger partial charge in [0.15, 0.2) is 0 Å². The Labute approximate surface area is 96.5 Å². The van der Waals surface area contributed by atoms with Gasteiger partial charge < -0.3 is 5.73 Å². The molecule has 2 N–H and O–H groups in total. The molecule has 0 saturated carbocycles. The van der Waals surface area contributed by atoms with Crippen molar-refractivity contribution >= 4 is 28.9 Å². The quantitative estimate of drug-likeness (QED) is 0.854. The second kappa shape index (κ2) is 4.19. The maximum Gasteiger partial charge on any atom is 0.253 e. The molecule has 84 valence electrons. The van der Waals surface area contributed by atoms with Crippen molar-refractivity contribution in [3.05, 3.63) is 29.0 Å². The number of nitrogens with two attached hydrogens (primary N) is 1. The Hall–Kier alpha value is -1.46. The van der Waals surface area contributed by atoms with Crippen LogP contribution in [-0.2, 0) is 4.79 Å². The lowest BCUT2D eigenvalue weighted by molar-refractivity contribution is -0.116. The molecule has 0 radical (unpaired) electrons. The van der Waals surface area contributed by atoms with E-state index in [0.29, 0.717) is 11.4 Å². The van der Waals surface area contributed by atoms with Gasteiger partial charge in [-0.3, -0.25) is 4.79 Å². The van der Waals surface area contributed by atoms with Gasteiger partial charge in [-0.1, -0.05) is 11.6 Å². The Morgan fingerprint density at radius 1 is 1.56 bits per heavy atom. The predicted octanol–water partition coefficient (Wildman–Crippen LogP) is 1.53. The number of benzene rings is 1. The van der Waals surface area contributed by atoms with E-state index in [-0.39, 0.29) is 23.9 Å². The first-order chi connectivity index (χ1) is 7.61. The van der Waals surface area contributed by atoms with Crippen molar-refractivity contribution in [1.82, 2.24) is 0 Å². The molecule has 16 heavy (non-hydrogen) atoms. The Kier molecular flexibility index (Phi) is 2.89. The highest BCUT2D eigenvalue weighted by Gasteiger charge is 2.24. The number of hydrogen-bond donors (Lipinski definition) is 1. The van der Waals surface area contributed by atoms with Crippen molar-refractivity contribution in [1.29, 1.82) is 0 Å². The van der Waals surface area contributed by atoms with Crippen molar-refractivity contribution in [3.63, 3.8) is 0 Å². The van der Waals surface area contributed by atoms with E-state index in [1.165, 1.54) is 18.2 Å². The molecule has 1 aliphatic rings. The third kappa shape index (κ3) is 1.91. The Balaban J connectivity index is 2.34. The fourth-order valence-electron chi connectivity index (χ4n) is 1.41. The molecule has 1 aliphatic heterocycles. The second-order valence-electron chi connectivity index (χ2n) is 3.35. The van der Waals surface area contributed by atoms with Crippen molar-refractivity contribution in [2.75, 3.05) is 11.6 Å². The molecule has 2 rings (SSSR count). The first-order valence-electron chi connectivity index (χ1n) is 4.66. The lowest BCUT2D eigenvalue weighted by Crippen LogP contribution is -2.19. The van der Waals surface area contributed by atoms with Gasteiger partial charge in [-0.15, -0.1) is 0 Å². The van der Waals surface area contributed by atoms with Crippen LogP contribution in [0.5, 0.6) is 0 Å². The van der Waals surface area contributed by atoms with Crippen LogP contribution in [0.2, 0.25) is 5.02 Å². The monoisotopic (exact) mass is 241 g/mol. The average molecular weight is 242 g/mol. The molecule has 1 heterocycles. The highest BCUT2D eigenvalue weighted by molar-refractivity contribution is 6.30. The van der Waals surface area contributed by atoms with Crippen LogP contribution in [0.15, 0.2) is 23.3 Å². The van der Waals surface area contributed by atoms with E-state index in [2.05, 4.69) is 5.10 Å². The minimum Gasteiger partial charge on any atom is -0.325 e. The summed E-state index contributed by atoms with van der Waals surface area (Å²) in [6, 6.07) is 4.09. The third-order valence-corrected chi connectivity index (χ3v) is 2.52. The normalized spacial score (nSPS) is 15.6. The standard InChI is InChI=1S/C10H9ClFN3O/c11-8-2-1-7(4-9(8)12)15-10(16)3-6(5-13)14-15/h1-2,4H,3,5,13H2. The zero-order chi connectivity index (χ0) is 11.7. The summed E-state index contributed by atoms with van der Waals surface area (Å²) in [4.78, 5) is 11.5. The summed E-state index contributed by atoms with van der Waals surface area (Å²) in [5, 5.41) is 5.15. The largest absolute Gasteiger partial charge is 0.325 e. The van der Waals surface area contributed by atoms with Crippen molar-refractivity contribution in [2.45, 2.75) is 6.42 Å². The molecule has 1 aromatic carbocycles. The SMILES string of the molecule is NCC1=NN(c2ccc(Cl)c(F)c2)C(=O)C1. The Morgan fingerprint density at radius 3 is 2.88 bits per heavy atom. The first kappa shape index (κ1) is 11.0. The molecule has 1 aromatic rings. The van der Waals surface area contributed by atoms with Gasteiger partial charge in [0, 0.05) is 12.6 Å². The number of hydrazone groups is 1. The van der Waals surface area contributed by atoms with Crippen LogP contribution in [0.3, 0.4) is 0 Å². The van der Waals surface area contributed by atoms with E-state index in [9.17, 15) is 9.18 Å². The number of carbonyl (C=O) groups excluding carboxylic acids is 1. The van der Waals surface area contributed by atoms with Crippen LogP contribution in [-0.4, -0.2) is 18.2 Å². The minimum atomic E-state index is -0.580. The lowest BCUT2D eigenvalue weighted by atomic mass is 10.2. The van der Waals surface area contributed by atoms with Crippen molar-refractivity contribution < 1.29 is 9.18 Å². The lowest BCUT2D eigenvalue weighted by Gasteiger charge is -2.11. The van der Waals surface area contributed by atoms with E-state index in [0.717, 1.165) is 5.01 Å². The molecule has 0 saturated heterocycles. The van der Waals surface area contributed by atoms with Gasteiger partial charge >= 0.3 is 0 Å². The topological polar surface area (TPSA) is 58.7 Å². The average Bonchev–Trinajstić information content (AvgIpc) is 2.64. The number of anilines is 1. The van der Waals surface area contributed by atoms with Gasteiger partial charge in [0.25, 0.3) is 5.91 Å². The van der Waals surface area contributed by atoms with Gasteiger partial charge in [-0.25, -0.2) is 9.40 Å². The number of halogens is 2. The molecule has 0 spiro atoms. The molecular formula is C10H9ClFN3O. The highest BCUT2D eigenvalue weighted by Crippen LogP contribution is 2.24.